The molecule has 0 amide bonds. The summed E-state index contributed by atoms with van der Waals surface area (Å²) in [6.07, 6.45) is -0.408. The molecule has 2 atom stereocenters. The van der Waals surface area contributed by atoms with Crippen molar-refractivity contribution < 1.29 is 23.9 Å². The highest BCUT2D eigenvalue weighted by atomic mass is 16.5. The van der Waals surface area contributed by atoms with Crippen LogP contribution >= 0.6 is 0 Å². The summed E-state index contributed by atoms with van der Waals surface area (Å²) in [6.45, 7) is 6.78. The lowest BCUT2D eigenvalue weighted by molar-refractivity contribution is -0.148. The molecule has 0 radical (unpaired) electrons. The summed E-state index contributed by atoms with van der Waals surface area (Å²) >= 11 is 0. The van der Waals surface area contributed by atoms with E-state index in [1.54, 1.807) is 13.8 Å². The van der Waals surface area contributed by atoms with Gasteiger partial charge < -0.3 is 14.5 Å². The predicted octanol–water partition coefficient (Wildman–Crippen LogP) is 3.73. The van der Waals surface area contributed by atoms with E-state index in [9.17, 15) is 14.4 Å². The molecule has 1 aromatic heterocycles. The van der Waals surface area contributed by atoms with Crippen molar-refractivity contribution in [1.82, 2.24) is 4.98 Å². The predicted molar refractivity (Wildman–Crippen MR) is 101 cm³/mol. The monoisotopic (exact) mass is 371 g/mol. The van der Waals surface area contributed by atoms with Crippen LogP contribution in [0, 0.1) is 13.8 Å². The number of carbonyl (C=O) groups excluding carboxylic acids is 3. The van der Waals surface area contributed by atoms with Gasteiger partial charge in [0.15, 0.2) is 6.10 Å². The molecule has 1 aromatic carbocycles. The summed E-state index contributed by atoms with van der Waals surface area (Å²) in [5, 5.41) is 0. The Kier molecular flexibility index (Phi) is 6.55. The van der Waals surface area contributed by atoms with E-state index >= 15 is 0 Å². The fourth-order valence-corrected chi connectivity index (χ4v) is 3.14. The minimum Gasteiger partial charge on any atom is -0.465 e. The molecule has 1 heterocycles. The lowest BCUT2D eigenvalue weighted by Crippen LogP contribution is -2.28. The maximum Gasteiger partial charge on any atom is 0.339 e. The quantitative estimate of drug-likeness (QED) is 0.592. The largest absolute Gasteiger partial charge is 0.465 e. The molecule has 6 heteroatoms. The third-order valence-electron chi connectivity index (χ3n) is 4.63. The second-order valence-corrected chi connectivity index (χ2v) is 6.43. The Morgan fingerprint density at radius 1 is 1.11 bits per heavy atom. The number of hydrogen-bond acceptors (Lipinski definition) is 5. The van der Waals surface area contributed by atoms with Gasteiger partial charge in [0.2, 0.25) is 5.78 Å². The third kappa shape index (κ3) is 4.27. The van der Waals surface area contributed by atoms with Crippen LogP contribution in [0.15, 0.2) is 30.3 Å². The number of methoxy groups -OCH3 is 1. The summed E-state index contributed by atoms with van der Waals surface area (Å²) in [6, 6.07) is 9.33. The van der Waals surface area contributed by atoms with E-state index in [1.165, 1.54) is 14.0 Å². The molecule has 0 aliphatic rings. The fourth-order valence-electron chi connectivity index (χ4n) is 3.14. The van der Waals surface area contributed by atoms with Gasteiger partial charge in [-0.05, 0) is 38.3 Å². The first-order valence-electron chi connectivity index (χ1n) is 8.88. The minimum atomic E-state index is -0.975. The molecule has 6 nitrogen and oxygen atoms in total. The lowest BCUT2D eigenvalue weighted by Gasteiger charge is -2.18. The highest BCUT2D eigenvalue weighted by molar-refractivity contribution is 6.04. The van der Waals surface area contributed by atoms with Crippen LogP contribution in [0.5, 0.6) is 0 Å². The number of rotatable bonds is 7. The van der Waals surface area contributed by atoms with Crippen molar-refractivity contribution in [1.29, 1.82) is 0 Å². The van der Waals surface area contributed by atoms with Crippen LogP contribution in [0.2, 0.25) is 0 Å². The number of ketones is 1. The van der Waals surface area contributed by atoms with E-state index < -0.39 is 24.0 Å². The Labute approximate surface area is 158 Å². The Bertz CT molecular complexity index is 838. The van der Waals surface area contributed by atoms with Crippen molar-refractivity contribution in [2.24, 2.45) is 0 Å². The molecule has 0 saturated carbocycles. The molecule has 0 spiro atoms. The molecule has 0 aliphatic heterocycles. The maximum absolute atomic E-state index is 12.8. The molecule has 144 valence electrons. The van der Waals surface area contributed by atoms with Gasteiger partial charge in [0.1, 0.15) is 0 Å². The van der Waals surface area contributed by atoms with E-state index in [0.717, 1.165) is 5.56 Å². The number of Topliss-reactive ketones (excluding diaryl/α,β-unsaturated/α-hetero) is 1. The van der Waals surface area contributed by atoms with Crippen molar-refractivity contribution >= 4 is 17.7 Å². The SMILES string of the molecule is CC[C@H](C(=O)O[C@H](C)C(=O)c1[nH]c(C)c(C(=O)OC)c1C)c1ccccc1. The van der Waals surface area contributed by atoms with Crippen molar-refractivity contribution in [3.63, 3.8) is 0 Å². The normalized spacial score (nSPS) is 12.9. The van der Waals surface area contributed by atoms with Crippen molar-refractivity contribution in [2.45, 2.75) is 46.1 Å². The topological polar surface area (TPSA) is 85.5 Å². The number of nitrogens with one attached hydrogen (secondary N) is 1. The highest BCUT2D eigenvalue weighted by Crippen LogP contribution is 2.24. The minimum absolute atomic E-state index is 0.251. The summed E-state index contributed by atoms with van der Waals surface area (Å²) in [5.74, 6) is -1.78. The van der Waals surface area contributed by atoms with Crippen molar-refractivity contribution in [3.8, 4) is 0 Å². The van der Waals surface area contributed by atoms with Crippen LogP contribution in [0.4, 0.5) is 0 Å². The molecule has 0 fully saturated rings. The van der Waals surface area contributed by atoms with Gasteiger partial charge in [0, 0.05) is 5.69 Å². The Morgan fingerprint density at radius 3 is 2.30 bits per heavy atom. The number of H-pyrrole nitrogens is 1. The Morgan fingerprint density at radius 2 is 1.74 bits per heavy atom. The van der Waals surface area contributed by atoms with Crippen LogP contribution in [-0.2, 0) is 14.3 Å². The number of aryl methyl sites for hydroxylation is 1. The number of esters is 2. The van der Waals surface area contributed by atoms with Crippen LogP contribution in [0.25, 0.3) is 0 Å². The molecule has 1 N–H and O–H groups in total. The van der Waals surface area contributed by atoms with E-state index in [-0.39, 0.29) is 11.5 Å². The first kappa shape index (κ1) is 20.4. The van der Waals surface area contributed by atoms with E-state index in [2.05, 4.69) is 4.98 Å². The fraction of sp³-hybridized carbons (Fsp3) is 0.381. The van der Waals surface area contributed by atoms with Gasteiger partial charge in [-0.1, -0.05) is 37.3 Å². The second-order valence-electron chi connectivity index (χ2n) is 6.43. The van der Waals surface area contributed by atoms with E-state index in [0.29, 0.717) is 23.2 Å². The van der Waals surface area contributed by atoms with Gasteiger partial charge in [0.25, 0.3) is 0 Å². The summed E-state index contributed by atoms with van der Waals surface area (Å²) in [4.78, 5) is 40.1. The number of ether oxygens (including phenoxy) is 2. The van der Waals surface area contributed by atoms with E-state index in [4.69, 9.17) is 9.47 Å². The number of benzene rings is 1. The van der Waals surface area contributed by atoms with Crippen molar-refractivity contribution in [2.75, 3.05) is 7.11 Å². The molecular formula is C21H25NO5. The van der Waals surface area contributed by atoms with Gasteiger partial charge in [-0.3, -0.25) is 9.59 Å². The average Bonchev–Trinajstić information content (AvgIpc) is 2.96. The summed E-state index contributed by atoms with van der Waals surface area (Å²) in [7, 11) is 1.29. The van der Waals surface area contributed by atoms with Gasteiger partial charge in [-0.15, -0.1) is 0 Å². The van der Waals surface area contributed by atoms with Crippen LogP contribution < -0.4 is 0 Å². The lowest BCUT2D eigenvalue weighted by atomic mass is 9.96. The highest BCUT2D eigenvalue weighted by Gasteiger charge is 2.29. The second kappa shape index (κ2) is 8.66. The number of aromatic amines is 1. The molecular weight excluding hydrogens is 346 g/mol. The number of hydrogen-bond donors (Lipinski definition) is 1. The molecule has 2 aromatic rings. The summed E-state index contributed by atoms with van der Waals surface area (Å²) < 4.78 is 10.2. The van der Waals surface area contributed by atoms with Crippen LogP contribution in [0.1, 0.15) is 63.9 Å². The van der Waals surface area contributed by atoms with Gasteiger partial charge in [-0.2, -0.15) is 0 Å². The third-order valence-corrected chi connectivity index (χ3v) is 4.63. The van der Waals surface area contributed by atoms with E-state index in [1.807, 2.05) is 37.3 Å². The molecule has 0 unspecified atom stereocenters. The average molecular weight is 371 g/mol. The smallest absolute Gasteiger partial charge is 0.339 e. The first-order valence-corrected chi connectivity index (χ1v) is 8.88. The molecule has 0 bridgehead atoms. The van der Waals surface area contributed by atoms with Crippen LogP contribution in [0.3, 0.4) is 0 Å². The van der Waals surface area contributed by atoms with Gasteiger partial charge in [0.05, 0.1) is 24.3 Å². The Balaban J connectivity index is 2.18. The maximum atomic E-state index is 12.8. The zero-order valence-electron chi connectivity index (χ0n) is 16.3. The van der Waals surface area contributed by atoms with Gasteiger partial charge >= 0.3 is 11.9 Å². The zero-order valence-corrected chi connectivity index (χ0v) is 16.3. The number of aromatic nitrogens is 1. The zero-order chi connectivity index (χ0) is 20.1. The molecule has 0 aliphatic carbocycles. The summed E-state index contributed by atoms with van der Waals surface area (Å²) in [5.41, 5.74) is 2.46. The molecule has 2 rings (SSSR count). The standard InChI is InChI=1S/C21H25NO5/c1-6-16(15-10-8-7-9-11-15)20(24)27-14(4)19(23)18-12(2)17(13(3)22-18)21(25)26-5/h7-11,14,16,22H,6H2,1-5H3/t14-,16+/m1/s1. The van der Waals surface area contributed by atoms with Gasteiger partial charge in [-0.25, -0.2) is 4.79 Å². The van der Waals surface area contributed by atoms with Crippen molar-refractivity contribution in [3.05, 3.63) is 58.4 Å². The number of carbonyl (C=O) groups is 3. The Hall–Kier alpha value is -2.89. The first-order chi connectivity index (χ1) is 12.8. The van der Waals surface area contributed by atoms with Crippen LogP contribution in [-0.4, -0.2) is 35.9 Å². The molecule has 0 saturated heterocycles. The molecule has 27 heavy (non-hydrogen) atoms.